The molecular weight excluding hydrogens is 401 g/mol. The summed E-state index contributed by atoms with van der Waals surface area (Å²) in [6.45, 7) is 0.677. The highest BCUT2D eigenvalue weighted by atomic mass is 127. The first kappa shape index (κ1) is 17.8. The normalized spacial score (nSPS) is 12.4. The summed E-state index contributed by atoms with van der Waals surface area (Å²) in [4.78, 5) is 4.11. The fourth-order valence-electron chi connectivity index (χ4n) is 1.99. The minimum atomic E-state index is 0. The topological polar surface area (TPSA) is 54.2 Å². The third-order valence-corrected chi connectivity index (χ3v) is 3.27. The quantitative estimate of drug-likeness (QED) is 0.455. The first-order chi connectivity index (χ1) is 9.74. The van der Waals surface area contributed by atoms with E-state index in [1.54, 1.807) is 13.2 Å². The van der Waals surface area contributed by atoms with Crippen LogP contribution < -0.4 is 10.6 Å². The van der Waals surface area contributed by atoms with E-state index < -0.39 is 0 Å². The Balaban J connectivity index is 0.00000220. The number of halogens is 2. The third-order valence-electron chi connectivity index (χ3n) is 3.02. The van der Waals surface area contributed by atoms with Crippen molar-refractivity contribution in [2.24, 2.45) is 4.99 Å². The summed E-state index contributed by atoms with van der Waals surface area (Å²) in [7, 11) is 3.57. The Bertz CT molecular complexity index is 553. The van der Waals surface area contributed by atoms with E-state index in [1.807, 2.05) is 48.3 Å². The Morgan fingerprint density at radius 2 is 2.10 bits per heavy atom. The maximum atomic E-state index is 5.95. The van der Waals surface area contributed by atoms with Gasteiger partial charge in [0.25, 0.3) is 0 Å². The van der Waals surface area contributed by atoms with Crippen LogP contribution in [0.15, 0.2) is 47.7 Å². The number of rotatable bonds is 4. The second-order valence-electron chi connectivity index (χ2n) is 4.26. The zero-order chi connectivity index (χ0) is 14.4. The van der Waals surface area contributed by atoms with Crippen LogP contribution >= 0.6 is 35.6 Å². The Hall–Kier alpha value is -1.28. The molecule has 2 aromatic rings. The van der Waals surface area contributed by atoms with Crippen LogP contribution in [0.5, 0.6) is 0 Å². The van der Waals surface area contributed by atoms with Gasteiger partial charge in [0.2, 0.25) is 0 Å². The molecule has 0 saturated heterocycles. The minimum Gasteiger partial charge on any atom is -0.359 e. The maximum Gasteiger partial charge on any atom is 0.190 e. The second kappa shape index (κ2) is 8.89. The number of guanidine groups is 1. The molecule has 0 aliphatic heterocycles. The van der Waals surface area contributed by atoms with Crippen molar-refractivity contribution in [1.29, 1.82) is 0 Å². The van der Waals surface area contributed by atoms with Crippen molar-refractivity contribution in [3.05, 3.63) is 53.3 Å². The monoisotopic (exact) mass is 419 g/mol. The number of benzene rings is 1. The van der Waals surface area contributed by atoms with E-state index in [2.05, 4.69) is 20.7 Å². The van der Waals surface area contributed by atoms with E-state index in [4.69, 9.17) is 11.6 Å². The molecule has 2 rings (SSSR count). The van der Waals surface area contributed by atoms with E-state index in [9.17, 15) is 0 Å². The van der Waals surface area contributed by atoms with Crippen molar-refractivity contribution >= 4 is 41.5 Å². The Morgan fingerprint density at radius 1 is 1.38 bits per heavy atom. The predicted octanol–water partition coefficient (Wildman–Crippen LogP) is 2.54. The number of hydrogen-bond donors (Lipinski definition) is 2. The lowest BCUT2D eigenvalue weighted by molar-refractivity contribution is 0.511. The van der Waals surface area contributed by atoms with Gasteiger partial charge in [-0.2, -0.15) is 5.10 Å². The number of nitrogens with one attached hydrogen (secondary N) is 2. The Kier molecular flexibility index (Phi) is 7.52. The molecule has 1 aromatic carbocycles. The standard InChI is InChI=1S/C14H18ClN5.HI/c1-16-14(17-2)18-10-13(20-9-3-8-19-20)11-4-6-12(15)7-5-11;/h3-9,13H,10H2,1-2H3,(H2,16,17,18);1H. The number of aromatic nitrogens is 2. The molecule has 0 fully saturated rings. The van der Waals surface area contributed by atoms with Gasteiger partial charge in [0, 0.05) is 38.1 Å². The van der Waals surface area contributed by atoms with E-state index in [1.165, 1.54) is 0 Å². The van der Waals surface area contributed by atoms with Crippen molar-refractivity contribution in [2.75, 3.05) is 20.6 Å². The lowest BCUT2D eigenvalue weighted by atomic mass is 10.1. The molecule has 0 saturated carbocycles. The smallest absolute Gasteiger partial charge is 0.190 e. The van der Waals surface area contributed by atoms with Gasteiger partial charge < -0.3 is 10.6 Å². The summed E-state index contributed by atoms with van der Waals surface area (Å²) in [6, 6.07) is 9.79. The number of hydrogen-bond acceptors (Lipinski definition) is 2. The van der Waals surface area contributed by atoms with Crippen LogP contribution in [0, 0.1) is 0 Å². The summed E-state index contributed by atoms with van der Waals surface area (Å²) < 4.78 is 1.92. The second-order valence-corrected chi connectivity index (χ2v) is 4.69. The van der Waals surface area contributed by atoms with Gasteiger partial charge in [0.1, 0.15) is 0 Å². The summed E-state index contributed by atoms with van der Waals surface area (Å²) in [5, 5.41) is 11.3. The Morgan fingerprint density at radius 3 is 2.62 bits per heavy atom. The van der Waals surface area contributed by atoms with Crippen LogP contribution in [0.3, 0.4) is 0 Å². The van der Waals surface area contributed by atoms with Crippen LogP contribution in [0.4, 0.5) is 0 Å². The van der Waals surface area contributed by atoms with Crippen molar-refractivity contribution in [1.82, 2.24) is 20.4 Å². The molecule has 2 N–H and O–H groups in total. The average molecular weight is 420 g/mol. The highest BCUT2D eigenvalue weighted by molar-refractivity contribution is 14.0. The summed E-state index contributed by atoms with van der Waals surface area (Å²) >= 11 is 5.95. The molecule has 0 aliphatic carbocycles. The summed E-state index contributed by atoms with van der Waals surface area (Å²) in [5.74, 6) is 0.746. The first-order valence-corrected chi connectivity index (χ1v) is 6.75. The van der Waals surface area contributed by atoms with Gasteiger partial charge in [-0.15, -0.1) is 24.0 Å². The molecule has 0 aliphatic rings. The van der Waals surface area contributed by atoms with E-state index in [-0.39, 0.29) is 30.0 Å². The molecule has 0 spiro atoms. The molecule has 21 heavy (non-hydrogen) atoms. The molecule has 5 nitrogen and oxygen atoms in total. The van der Waals surface area contributed by atoms with Gasteiger partial charge in [-0.25, -0.2) is 0 Å². The largest absolute Gasteiger partial charge is 0.359 e. The predicted molar refractivity (Wildman–Crippen MR) is 97.7 cm³/mol. The molecule has 1 atom stereocenters. The van der Waals surface area contributed by atoms with E-state index in [0.717, 1.165) is 16.5 Å². The Labute approximate surface area is 146 Å². The van der Waals surface area contributed by atoms with Gasteiger partial charge >= 0.3 is 0 Å². The molecular formula is C14H19ClIN5. The van der Waals surface area contributed by atoms with Gasteiger partial charge in [-0.1, -0.05) is 23.7 Å². The third kappa shape index (κ3) is 4.89. The number of aliphatic imine (C=N–C) groups is 1. The minimum absolute atomic E-state index is 0. The first-order valence-electron chi connectivity index (χ1n) is 6.37. The van der Waals surface area contributed by atoms with Crippen LogP contribution in [0.1, 0.15) is 11.6 Å². The van der Waals surface area contributed by atoms with Crippen LogP contribution in [0.25, 0.3) is 0 Å². The highest BCUT2D eigenvalue weighted by Gasteiger charge is 2.14. The molecule has 1 heterocycles. The summed E-state index contributed by atoms with van der Waals surface area (Å²) in [6.07, 6.45) is 3.72. The summed E-state index contributed by atoms with van der Waals surface area (Å²) in [5.41, 5.74) is 1.14. The molecule has 0 amide bonds. The lowest BCUT2D eigenvalue weighted by Gasteiger charge is -2.20. The SMILES string of the molecule is CN=C(NC)NCC(c1ccc(Cl)cc1)n1cccn1.I. The molecule has 0 bridgehead atoms. The molecule has 7 heteroatoms. The zero-order valence-corrected chi connectivity index (χ0v) is 15.0. The lowest BCUT2D eigenvalue weighted by Crippen LogP contribution is -2.38. The highest BCUT2D eigenvalue weighted by Crippen LogP contribution is 2.19. The van der Waals surface area contributed by atoms with Gasteiger partial charge in [-0.05, 0) is 23.8 Å². The molecule has 1 aromatic heterocycles. The zero-order valence-electron chi connectivity index (χ0n) is 12.0. The van der Waals surface area contributed by atoms with Crippen LogP contribution in [-0.4, -0.2) is 36.4 Å². The number of nitrogens with zero attached hydrogens (tertiary/aromatic N) is 3. The fraction of sp³-hybridized carbons (Fsp3) is 0.286. The van der Waals surface area contributed by atoms with Crippen molar-refractivity contribution in [3.63, 3.8) is 0 Å². The van der Waals surface area contributed by atoms with Crippen LogP contribution in [-0.2, 0) is 0 Å². The van der Waals surface area contributed by atoms with E-state index in [0.29, 0.717) is 6.54 Å². The van der Waals surface area contributed by atoms with E-state index >= 15 is 0 Å². The molecule has 114 valence electrons. The van der Waals surface area contributed by atoms with Gasteiger partial charge in [0.05, 0.1) is 6.04 Å². The molecule has 1 unspecified atom stereocenters. The fourth-order valence-corrected chi connectivity index (χ4v) is 2.11. The maximum absolute atomic E-state index is 5.95. The van der Waals surface area contributed by atoms with Crippen molar-refractivity contribution < 1.29 is 0 Å². The van der Waals surface area contributed by atoms with Gasteiger partial charge in [-0.3, -0.25) is 9.67 Å². The van der Waals surface area contributed by atoms with Gasteiger partial charge in [0.15, 0.2) is 5.96 Å². The van der Waals surface area contributed by atoms with Crippen LogP contribution in [0.2, 0.25) is 5.02 Å². The van der Waals surface area contributed by atoms with Crippen molar-refractivity contribution in [3.8, 4) is 0 Å². The molecule has 0 radical (unpaired) electrons. The average Bonchev–Trinajstić information content (AvgIpc) is 2.99. The van der Waals surface area contributed by atoms with Crippen molar-refractivity contribution in [2.45, 2.75) is 6.04 Å².